The van der Waals surface area contributed by atoms with Crippen molar-refractivity contribution in [3.8, 4) is 11.4 Å². The topological polar surface area (TPSA) is 47.8 Å². The molecule has 0 aliphatic heterocycles. The standard InChI is InChI=1S/C23H21N3OS/c1-3-26-22(18-10-8-16(2)9-11-18)24-25-23(26)28-15-21(27)20-13-12-17-6-4-5-7-19(17)14-20/h4-14H,3,15H2,1-2H3. The Bertz CT molecular complexity index is 1130. The van der Waals surface area contributed by atoms with E-state index in [4.69, 9.17) is 0 Å². The zero-order valence-electron chi connectivity index (χ0n) is 15.9. The molecule has 5 heteroatoms. The summed E-state index contributed by atoms with van der Waals surface area (Å²) in [6.45, 7) is 4.88. The summed E-state index contributed by atoms with van der Waals surface area (Å²) in [6, 6.07) is 22.2. The Morgan fingerprint density at radius 1 is 0.964 bits per heavy atom. The van der Waals surface area contributed by atoms with E-state index in [2.05, 4.69) is 58.9 Å². The van der Waals surface area contributed by atoms with Gasteiger partial charge in [0.25, 0.3) is 0 Å². The third-order valence-corrected chi connectivity index (χ3v) is 5.71. The van der Waals surface area contributed by atoms with Gasteiger partial charge >= 0.3 is 0 Å². The second kappa shape index (κ2) is 7.98. The molecule has 140 valence electrons. The van der Waals surface area contributed by atoms with Gasteiger partial charge < -0.3 is 4.57 Å². The maximum atomic E-state index is 12.7. The molecule has 0 bridgehead atoms. The van der Waals surface area contributed by atoms with Gasteiger partial charge in [-0.15, -0.1) is 10.2 Å². The lowest BCUT2D eigenvalue weighted by atomic mass is 10.1. The fourth-order valence-corrected chi connectivity index (χ4v) is 4.07. The first-order valence-electron chi connectivity index (χ1n) is 9.30. The Morgan fingerprint density at radius 3 is 2.46 bits per heavy atom. The van der Waals surface area contributed by atoms with Gasteiger partial charge in [0, 0.05) is 17.7 Å². The summed E-state index contributed by atoms with van der Waals surface area (Å²) in [6.07, 6.45) is 0. The molecule has 0 amide bonds. The zero-order chi connectivity index (χ0) is 19.5. The number of carbonyl (C=O) groups excluding carboxylic acids is 1. The van der Waals surface area contributed by atoms with Crippen molar-refractivity contribution >= 4 is 28.3 Å². The van der Waals surface area contributed by atoms with Gasteiger partial charge in [-0.3, -0.25) is 4.79 Å². The van der Waals surface area contributed by atoms with Crippen LogP contribution in [-0.2, 0) is 6.54 Å². The summed E-state index contributed by atoms with van der Waals surface area (Å²) in [5, 5.41) is 11.7. The van der Waals surface area contributed by atoms with Gasteiger partial charge in [0.2, 0.25) is 0 Å². The number of fused-ring (bicyclic) bond motifs is 1. The Kier molecular flexibility index (Phi) is 5.26. The van der Waals surface area contributed by atoms with Crippen molar-refractivity contribution in [3.63, 3.8) is 0 Å². The van der Waals surface area contributed by atoms with Gasteiger partial charge in [0.05, 0.1) is 5.75 Å². The highest BCUT2D eigenvalue weighted by Crippen LogP contribution is 2.25. The second-order valence-corrected chi connectivity index (χ2v) is 7.63. The predicted molar refractivity (Wildman–Crippen MR) is 115 cm³/mol. The van der Waals surface area contributed by atoms with Gasteiger partial charge in [-0.25, -0.2) is 0 Å². The maximum absolute atomic E-state index is 12.7. The minimum atomic E-state index is 0.0956. The van der Waals surface area contributed by atoms with Gasteiger partial charge in [-0.2, -0.15) is 0 Å². The average Bonchev–Trinajstić information content (AvgIpc) is 3.15. The number of nitrogens with zero attached hydrogens (tertiary/aromatic N) is 3. The second-order valence-electron chi connectivity index (χ2n) is 6.69. The van der Waals surface area contributed by atoms with Crippen molar-refractivity contribution in [2.75, 3.05) is 5.75 Å². The van der Waals surface area contributed by atoms with E-state index >= 15 is 0 Å². The average molecular weight is 388 g/mol. The smallest absolute Gasteiger partial charge is 0.191 e. The molecule has 28 heavy (non-hydrogen) atoms. The lowest BCUT2D eigenvalue weighted by Gasteiger charge is -2.08. The van der Waals surface area contributed by atoms with Crippen molar-refractivity contribution in [1.29, 1.82) is 0 Å². The third-order valence-electron chi connectivity index (χ3n) is 4.75. The first kappa shape index (κ1) is 18.4. The molecule has 0 atom stereocenters. The van der Waals surface area contributed by atoms with Gasteiger partial charge in [-0.05, 0) is 30.7 Å². The number of ketones is 1. The van der Waals surface area contributed by atoms with Crippen LogP contribution in [0, 0.1) is 6.92 Å². The molecule has 0 N–H and O–H groups in total. The number of hydrogen-bond acceptors (Lipinski definition) is 4. The minimum absolute atomic E-state index is 0.0956. The predicted octanol–water partition coefficient (Wildman–Crippen LogP) is 5.40. The van der Waals surface area contributed by atoms with Crippen LogP contribution in [0.15, 0.2) is 71.9 Å². The number of rotatable bonds is 6. The molecular formula is C23H21N3OS. The fourth-order valence-electron chi connectivity index (χ4n) is 3.17. The van der Waals surface area contributed by atoms with E-state index in [9.17, 15) is 4.79 Å². The summed E-state index contributed by atoms with van der Waals surface area (Å²) < 4.78 is 2.06. The maximum Gasteiger partial charge on any atom is 0.191 e. The summed E-state index contributed by atoms with van der Waals surface area (Å²) in [7, 11) is 0. The number of thioether (sulfide) groups is 1. The number of hydrogen-bond donors (Lipinski definition) is 0. The van der Waals surface area contributed by atoms with E-state index in [0.29, 0.717) is 5.75 Å². The normalized spacial score (nSPS) is 11.1. The highest BCUT2D eigenvalue weighted by molar-refractivity contribution is 7.99. The van der Waals surface area contributed by atoms with Crippen LogP contribution in [0.25, 0.3) is 22.2 Å². The summed E-state index contributed by atoms with van der Waals surface area (Å²) in [4.78, 5) is 12.7. The largest absolute Gasteiger partial charge is 0.302 e. The number of Topliss-reactive ketones (excluding diaryl/α,β-unsaturated/α-hetero) is 1. The number of benzene rings is 3. The van der Waals surface area contributed by atoms with Crippen molar-refractivity contribution < 1.29 is 4.79 Å². The van der Waals surface area contributed by atoms with E-state index in [1.807, 2.05) is 36.4 Å². The quantitative estimate of drug-likeness (QED) is 0.328. The monoisotopic (exact) mass is 387 g/mol. The van der Waals surface area contributed by atoms with Gasteiger partial charge in [-0.1, -0.05) is 78.0 Å². The van der Waals surface area contributed by atoms with Crippen LogP contribution >= 0.6 is 11.8 Å². The Labute approximate surface area is 168 Å². The van der Waals surface area contributed by atoms with Crippen molar-refractivity contribution in [3.05, 3.63) is 77.9 Å². The fraction of sp³-hybridized carbons (Fsp3) is 0.174. The van der Waals surface area contributed by atoms with Gasteiger partial charge in [0.15, 0.2) is 16.8 Å². The molecular weight excluding hydrogens is 366 g/mol. The lowest BCUT2D eigenvalue weighted by Crippen LogP contribution is -2.05. The summed E-state index contributed by atoms with van der Waals surface area (Å²) in [5.41, 5.74) is 2.97. The van der Waals surface area contributed by atoms with Crippen LogP contribution < -0.4 is 0 Å². The van der Waals surface area contributed by atoms with Crippen LogP contribution in [0.5, 0.6) is 0 Å². The first-order valence-corrected chi connectivity index (χ1v) is 10.3. The van der Waals surface area contributed by atoms with Crippen LogP contribution in [-0.4, -0.2) is 26.3 Å². The summed E-state index contributed by atoms with van der Waals surface area (Å²) in [5.74, 6) is 1.27. The molecule has 4 rings (SSSR count). The molecule has 0 radical (unpaired) electrons. The number of aryl methyl sites for hydroxylation is 1. The molecule has 1 aromatic heterocycles. The van der Waals surface area contributed by atoms with Crippen LogP contribution in [0.4, 0.5) is 0 Å². The molecule has 0 aliphatic rings. The van der Waals surface area contributed by atoms with E-state index in [-0.39, 0.29) is 5.78 Å². The van der Waals surface area contributed by atoms with E-state index < -0.39 is 0 Å². The third kappa shape index (κ3) is 3.71. The highest BCUT2D eigenvalue weighted by atomic mass is 32.2. The molecule has 0 aliphatic carbocycles. The Balaban J connectivity index is 1.52. The minimum Gasteiger partial charge on any atom is -0.302 e. The van der Waals surface area contributed by atoms with E-state index in [0.717, 1.165) is 39.4 Å². The highest BCUT2D eigenvalue weighted by Gasteiger charge is 2.15. The number of carbonyl (C=O) groups is 1. The molecule has 4 aromatic rings. The lowest BCUT2D eigenvalue weighted by molar-refractivity contribution is 0.102. The van der Waals surface area contributed by atoms with Crippen LogP contribution in [0.2, 0.25) is 0 Å². The van der Waals surface area contributed by atoms with E-state index in [1.54, 1.807) is 0 Å². The molecule has 4 nitrogen and oxygen atoms in total. The molecule has 1 heterocycles. The molecule has 0 fully saturated rings. The van der Waals surface area contributed by atoms with Gasteiger partial charge in [0.1, 0.15) is 0 Å². The zero-order valence-corrected chi connectivity index (χ0v) is 16.7. The Hall–Kier alpha value is -2.92. The number of aromatic nitrogens is 3. The van der Waals surface area contributed by atoms with Crippen molar-refractivity contribution in [2.45, 2.75) is 25.5 Å². The first-order chi connectivity index (χ1) is 13.7. The molecule has 0 saturated carbocycles. The molecule has 3 aromatic carbocycles. The SMILES string of the molecule is CCn1c(SCC(=O)c2ccc3ccccc3c2)nnc1-c1ccc(C)cc1. The van der Waals surface area contributed by atoms with Crippen molar-refractivity contribution in [2.24, 2.45) is 0 Å². The van der Waals surface area contributed by atoms with E-state index in [1.165, 1.54) is 17.3 Å². The Morgan fingerprint density at radius 2 is 1.71 bits per heavy atom. The molecule has 0 spiro atoms. The summed E-state index contributed by atoms with van der Waals surface area (Å²) >= 11 is 1.44. The molecule has 0 unspecified atom stereocenters. The van der Waals surface area contributed by atoms with Crippen molar-refractivity contribution in [1.82, 2.24) is 14.8 Å². The van der Waals surface area contributed by atoms with Crippen LogP contribution in [0.1, 0.15) is 22.8 Å². The molecule has 0 saturated heterocycles. The van der Waals surface area contributed by atoms with Crippen LogP contribution in [0.3, 0.4) is 0 Å².